The number of nitrogens with zero attached hydrogens (tertiary/aromatic N) is 3. The van der Waals surface area contributed by atoms with Crippen molar-refractivity contribution in [3.05, 3.63) is 11.2 Å². The molecule has 0 saturated carbocycles. The van der Waals surface area contributed by atoms with Crippen LogP contribution in [-0.2, 0) is 0 Å². The van der Waals surface area contributed by atoms with Crippen molar-refractivity contribution in [2.75, 3.05) is 23.5 Å². The van der Waals surface area contributed by atoms with Crippen LogP contribution in [0.15, 0.2) is 6.20 Å². The van der Waals surface area contributed by atoms with Gasteiger partial charge in [-0.05, 0) is 20.3 Å². The Hall–Kier alpha value is -1.11. The Morgan fingerprint density at radius 1 is 1.59 bits per heavy atom. The molecule has 0 spiro atoms. The van der Waals surface area contributed by atoms with Crippen LogP contribution < -0.4 is 16.2 Å². The molecule has 96 valence electrons. The van der Waals surface area contributed by atoms with Gasteiger partial charge in [0.1, 0.15) is 5.02 Å². The fourth-order valence-electron chi connectivity index (χ4n) is 1.48. The van der Waals surface area contributed by atoms with Crippen molar-refractivity contribution in [3.63, 3.8) is 0 Å². The highest BCUT2D eigenvalue weighted by Crippen LogP contribution is 2.25. The van der Waals surface area contributed by atoms with Gasteiger partial charge in [0.05, 0.1) is 6.20 Å². The SMILES string of the molecule is CC(C)N(CCCO)c1nc(NN)ncc1Cl. The Morgan fingerprint density at radius 3 is 2.82 bits per heavy atom. The van der Waals surface area contributed by atoms with Crippen LogP contribution in [-0.4, -0.2) is 34.3 Å². The molecule has 0 atom stereocenters. The lowest BCUT2D eigenvalue weighted by Gasteiger charge is -2.28. The number of anilines is 2. The van der Waals surface area contributed by atoms with E-state index in [0.717, 1.165) is 0 Å². The lowest BCUT2D eigenvalue weighted by atomic mass is 10.3. The lowest BCUT2D eigenvalue weighted by molar-refractivity contribution is 0.288. The van der Waals surface area contributed by atoms with Crippen molar-refractivity contribution in [1.82, 2.24) is 9.97 Å². The van der Waals surface area contributed by atoms with Crippen LogP contribution in [0.3, 0.4) is 0 Å². The molecule has 17 heavy (non-hydrogen) atoms. The molecule has 0 aromatic carbocycles. The van der Waals surface area contributed by atoms with Gasteiger partial charge in [-0.2, -0.15) is 4.98 Å². The van der Waals surface area contributed by atoms with Crippen molar-refractivity contribution >= 4 is 23.4 Å². The number of hydrogen-bond acceptors (Lipinski definition) is 6. The van der Waals surface area contributed by atoms with E-state index in [9.17, 15) is 0 Å². The Kier molecular flexibility index (Phi) is 5.40. The van der Waals surface area contributed by atoms with E-state index in [4.69, 9.17) is 22.6 Å². The van der Waals surface area contributed by atoms with Crippen LogP contribution >= 0.6 is 11.6 Å². The van der Waals surface area contributed by atoms with Crippen molar-refractivity contribution in [1.29, 1.82) is 0 Å². The van der Waals surface area contributed by atoms with Crippen LogP contribution in [0.5, 0.6) is 0 Å². The largest absolute Gasteiger partial charge is 0.396 e. The molecule has 0 radical (unpaired) electrons. The number of hydrazine groups is 1. The summed E-state index contributed by atoms with van der Waals surface area (Å²) in [6.45, 7) is 4.87. The van der Waals surface area contributed by atoms with E-state index >= 15 is 0 Å². The fourth-order valence-corrected chi connectivity index (χ4v) is 1.68. The topological polar surface area (TPSA) is 87.3 Å². The third kappa shape index (κ3) is 3.69. The van der Waals surface area contributed by atoms with Gasteiger partial charge in [0, 0.05) is 19.2 Å². The lowest BCUT2D eigenvalue weighted by Crippen LogP contribution is -2.33. The molecule has 4 N–H and O–H groups in total. The summed E-state index contributed by atoms with van der Waals surface area (Å²) in [5.74, 6) is 6.21. The van der Waals surface area contributed by atoms with E-state index in [1.54, 1.807) is 0 Å². The van der Waals surface area contributed by atoms with E-state index in [1.165, 1.54) is 6.20 Å². The first kappa shape index (κ1) is 14.0. The zero-order valence-corrected chi connectivity index (χ0v) is 10.8. The minimum atomic E-state index is 0.133. The first-order chi connectivity index (χ1) is 8.10. The number of nitrogens with two attached hydrogens (primary N) is 1. The molecule has 6 nitrogen and oxygen atoms in total. The number of nitrogen functional groups attached to an aromatic ring is 1. The molecular weight excluding hydrogens is 242 g/mol. The van der Waals surface area contributed by atoms with Crippen LogP contribution in [0.25, 0.3) is 0 Å². The normalized spacial score (nSPS) is 10.7. The summed E-state index contributed by atoms with van der Waals surface area (Å²) in [5.41, 5.74) is 2.39. The maximum absolute atomic E-state index is 8.89. The molecule has 0 amide bonds. The highest BCUT2D eigenvalue weighted by molar-refractivity contribution is 6.32. The van der Waals surface area contributed by atoms with Crippen LogP contribution in [0.2, 0.25) is 5.02 Å². The Balaban J connectivity index is 2.99. The van der Waals surface area contributed by atoms with Crippen molar-refractivity contribution < 1.29 is 5.11 Å². The number of halogens is 1. The number of hydrogen-bond donors (Lipinski definition) is 3. The molecule has 0 aliphatic rings. The van der Waals surface area contributed by atoms with Gasteiger partial charge < -0.3 is 10.0 Å². The van der Waals surface area contributed by atoms with Crippen molar-refractivity contribution in [3.8, 4) is 0 Å². The van der Waals surface area contributed by atoms with Gasteiger partial charge >= 0.3 is 0 Å². The zero-order chi connectivity index (χ0) is 12.8. The number of nitrogens with one attached hydrogen (secondary N) is 1. The fraction of sp³-hybridized carbons (Fsp3) is 0.600. The summed E-state index contributed by atoms with van der Waals surface area (Å²) >= 11 is 6.07. The first-order valence-electron chi connectivity index (χ1n) is 5.46. The Bertz CT molecular complexity index is 361. The molecule has 0 bridgehead atoms. The number of aliphatic hydroxyl groups is 1. The second-order valence-electron chi connectivity index (χ2n) is 3.87. The molecule has 0 aliphatic carbocycles. The van der Waals surface area contributed by atoms with Gasteiger partial charge in [0.2, 0.25) is 5.95 Å². The summed E-state index contributed by atoms with van der Waals surface area (Å²) in [5, 5.41) is 9.36. The molecule has 0 unspecified atom stereocenters. The highest BCUT2D eigenvalue weighted by Gasteiger charge is 2.16. The van der Waals surface area contributed by atoms with E-state index in [2.05, 4.69) is 15.4 Å². The summed E-state index contributed by atoms with van der Waals surface area (Å²) in [7, 11) is 0. The van der Waals surface area contributed by atoms with E-state index < -0.39 is 0 Å². The zero-order valence-electron chi connectivity index (χ0n) is 10.0. The second kappa shape index (κ2) is 6.58. The molecule has 0 aliphatic heterocycles. The van der Waals surface area contributed by atoms with Gasteiger partial charge in [-0.15, -0.1) is 0 Å². The molecule has 1 aromatic heterocycles. The second-order valence-corrected chi connectivity index (χ2v) is 4.28. The molecule has 1 heterocycles. The van der Waals surface area contributed by atoms with Crippen molar-refractivity contribution in [2.45, 2.75) is 26.3 Å². The predicted molar refractivity (Wildman–Crippen MR) is 69.0 cm³/mol. The van der Waals surface area contributed by atoms with Gasteiger partial charge in [0.15, 0.2) is 5.82 Å². The standard InChI is InChI=1S/C10H18ClN5O/c1-7(2)16(4-3-5-17)9-8(11)6-13-10(14-9)15-12/h6-7,17H,3-5,12H2,1-2H3,(H,13,14,15). The van der Waals surface area contributed by atoms with Crippen molar-refractivity contribution in [2.24, 2.45) is 5.84 Å². The quantitative estimate of drug-likeness (QED) is 0.522. The summed E-state index contributed by atoms with van der Waals surface area (Å²) in [6, 6.07) is 0.222. The minimum absolute atomic E-state index is 0.133. The third-order valence-corrected chi connectivity index (χ3v) is 2.57. The maximum Gasteiger partial charge on any atom is 0.239 e. The Morgan fingerprint density at radius 2 is 2.29 bits per heavy atom. The number of aromatic nitrogens is 2. The smallest absolute Gasteiger partial charge is 0.239 e. The highest BCUT2D eigenvalue weighted by atomic mass is 35.5. The third-order valence-electron chi connectivity index (χ3n) is 2.31. The van der Waals surface area contributed by atoms with E-state index in [0.29, 0.717) is 29.8 Å². The molecule has 1 rings (SSSR count). The monoisotopic (exact) mass is 259 g/mol. The average Bonchev–Trinajstić information content (AvgIpc) is 2.31. The molecule has 0 saturated heterocycles. The molecule has 1 aromatic rings. The summed E-state index contributed by atoms with van der Waals surface area (Å²) in [4.78, 5) is 10.2. The Labute approximate surface area is 106 Å². The van der Waals surface area contributed by atoms with E-state index in [-0.39, 0.29) is 12.6 Å². The first-order valence-corrected chi connectivity index (χ1v) is 5.84. The average molecular weight is 260 g/mol. The van der Waals surface area contributed by atoms with Gasteiger partial charge in [-0.1, -0.05) is 11.6 Å². The van der Waals surface area contributed by atoms with Crippen LogP contribution in [0, 0.1) is 0 Å². The predicted octanol–water partition coefficient (Wildman–Crippen LogP) is 1.01. The number of aliphatic hydroxyl groups excluding tert-OH is 1. The number of rotatable bonds is 6. The summed E-state index contributed by atoms with van der Waals surface area (Å²) < 4.78 is 0. The van der Waals surface area contributed by atoms with Gasteiger partial charge in [0.25, 0.3) is 0 Å². The van der Waals surface area contributed by atoms with Gasteiger partial charge in [-0.3, -0.25) is 5.43 Å². The molecule has 7 heteroatoms. The van der Waals surface area contributed by atoms with Crippen LogP contribution in [0.4, 0.5) is 11.8 Å². The van der Waals surface area contributed by atoms with Crippen LogP contribution in [0.1, 0.15) is 20.3 Å². The molecule has 0 fully saturated rings. The van der Waals surface area contributed by atoms with E-state index in [1.807, 2.05) is 18.7 Å². The minimum Gasteiger partial charge on any atom is -0.396 e. The molecular formula is C10H18ClN5O. The van der Waals surface area contributed by atoms with Gasteiger partial charge in [-0.25, -0.2) is 10.8 Å². The summed E-state index contributed by atoms with van der Waals surface area (Å²) in [6.07, 6.45) is 2.16. The maximum atomic E-state index is 8.89.